The smallest absolute Gasteiger partial charge is 0.321 e. The molecular weight excluding hydrogens is 266 g/mol. The monoisotopic (exact) mass is 281 g/mol. The first-order valence-electron chi connectivity index (χ1n) is 6.03. The van der Waals surface area contributed by atoms with Crippen molar-refractivity contribution < 1.29 is 24.4 Å². The molecule has 1 aromatic carbocycles. The van der Waals surface area contributed by atoms with E-state index in [1.807, 2.05) is 0 Å². The third-order valence-corrected chi connectivity index (χ3v) is 2.78. The largest absolute Gasteiger partial charge is 0.481 e. The highest BCUT2D eigenvalue weighted by Crippen LogP contribution is 2.26. The Hall–Kier alpha value is -2.44. The molecule has 1 N–H and O–H groups in total. The predicted molar refractivity (Wildman–Crippen MR) is 68.8 cm³/mol. The van der Waals surface area contributed by atoms with Crippen molar-refractivity contribution in [2.75, 3.05) is 13.2 Å². The first-order chi connectivity index (χ1) is 9.47. The summed E-state index contributed by atoms with van der Waals surface area (Å²) in [6.07, 6.45) is 0. The lowest BCUT2D eigenvalue weighted by Gasteiger charge is -2.19. The summed E-state index contributed by atoms with van der Waals surface area (Å²) in [4.78, 5) is 33.2. The number of hydrogen-bond acceptors (Lipinski definition) is 5. The summed E-state index contributed by atoms with van der Waals surface area (Å²) in [6, 6.07) is 8.08. The minimum absolute atomic E-state index is 0.0165. The Morgan fingerprint density at radius 3 is 2.40 bits per heavy atom. The zero-order valence-corrected chi connectivity index (χ0v) is 10.9. The van der Waals surface area contributed by atoms with Crippen molar-refractivity contribution in [1.82, 2.24) is 0 Å². The quantitative estimate of drug-likeness (QED) is 0.349. The average Bonchev–Trinajstić information content (AvgIpc) is 2.38. The minimum atomic E-state index is -1.59. The molecular formula is C13H15NO6. The van der Waals surface area contributed by atoms with Crippen LogP contribution in [-0.2, 0) is 14.3 Å². The number of ether oxygens (including phenoxy) is 1. The van der Waals surface area contributed by atoms with Gasteiger partial charge in [-0.05, 0) is 12.5 Å². The van der Waals surface area contributed by atoms with Crippen LogP contribution in [-0.4, -0.2) is 35.1 Å². The van der Waals surface area contributed by atoms with E-state index < -0.39 is 35.2 Å². The normalized spacial score (nSPS) is 13.2. The molecule has 0 aliphatic heterocycles. The Balaban J connectivity index is 3.15. The number of nitro groups is 1. The molecule has 0 saturated carbocycles. The van der Waals surface area contributed by atoms with Gasteiger partial charge in [-0.3, -0.25) is 19.7 Å². The molecule has 108 valence electrons. The second-order valence-electron chi connectivity index (χ2n) is 4.10. The molecule has 0 aromatic heterocycles. The van der Waals surface area contributed by atoms with Crippen molar-refractivity contribution in [1.29, 1.82) is 0 Å². The Kier molecular flexibility index (Phi) is 5.64. The molecule has 0 bridgehead atoms. The minimum Gasteiger partial charge on any atom is -0.481 e. The standard InChI is InChI=1S/C13H15NO6/c1-2-20-13(17)11(12(15)16)10(8-14(18)19)9-6-4-3-5-7-9/h3-7,10-11H,2,8H2,1H3,(H,15,16)/t10?,11-/m0/s1. The van der Waals surface area contributed by atoms with Crippen molar-refractivity contribution in [2.24, 2.45) is 5.92 Å². The number of esters is 1. The Morgan fingerprint density at radius 1 is 1.35 bits per heavy atom. The van der Waals surface area contributed by atoms with Crippen molar-refractivity contribution in [3.63, 3.8) is 0 Å². The van der Waals surface area contributed by atoms with Crippen molar-refractivity contribution >= 4 is 11.9 Å². The van der Waals surface area contributed by atoms with Crippen molar-refractivity contribution in [2.45, 2.75) is 12.8 Å². The Bertz CT molecular complexity index is 487. The highest BCUT2D eigenvalue weighted by Gasteiger charge is 2.40. The first-order valence-corrected chi connectivity index (χ1v) is 6.03. The van der Waals surface area contributed by atoms with Crippen LogP contribution in [0.4, 0.5) is 0 Å². The molecule has 1 aromatic rings. The van der Waals surface area contributed by atoms with Gasteiger partial charge in [0.25, 0.3) is 0 Å². The first kappa shape index (κ1) is 15.6. The number of carbonyl (C=O) groups excluding carboxylic acids is 1. The zero-order valence-electron chi connectivity index (χ0n) is 10.9. The summed E-state index contributed by atoms with van der Waals surface area (Å²) in [5, 5.41) is 19.9. The molecule has 0 fully saturated rings. The van der Waals surface area contributed by atoms with E-state index in [4.69, 9.17) is 4.74 Å². The summed E-state index contributed by atoms with van der Waals surface area (Å²) in [7, 11) is 0. The third kappa shape index (κ3) is 4.04. The summed E-state index contributed by atoms with van der Waals surface area (Å²) in [6.45, 7) is 0.907. The van der Waals surface area contributed by atoms with Gasteiger partial charge in [0, 0.05) is 4.92 Å². The van der Waals surface area contributed by atoms with E-state index in [1.54, 1.807) is 37.3 Å². The highest BCUT2D eigenvalue weighted by molar-refractivity contribution is 5.95. The maximum Gasteiger partial charge on any atom is 0.321 e. The van der Waals surface area contributed by atoms with E-state index in [0.717, 1.165) is 0 Å². The molecule has 7 nitrogen and oxygen atoms in total. The van der Waals surface area contributed by atoms with Gasteiger partial charge in [-0.15, -0.1) is 0 Å². The van der Waals surface area contributed by atoms with Gasteiger partial charge in [0.1, 0.15) is 0 Å². The van der Waals surface area contributed by atoms with Gasteiger partial charge in [-0.1, -0.05) is 30.3 Å². The fourth-order valence-corrected chi connectivity index (χ4v) is 1.93. The van der Waals surface area contributed by atoms with Gasteiger partial charge in [0.15, 0.2) is 5.92 Å². The number of aliphatic carboxylic acids is 1. The average molecular weight is 281 g/mol. The molecule has 2 atom stereocenters. The van der Waals surface area contributed by atoms with E-state index in [9.17, 15) is 24.8 Å². The van der Waals surface area contributed by atoms with Crippen LogP contribution in [0, 0.1) is 16.0 Å². The van der Waals surface area contributed by atoms with Gasteiger partial charge < -0.3 is 9.84 Å². The zero-order chi connectivity index (χ0) is 15.1. The number of nitrogens with zero attached hydrogens (tertiary/aromatic N) is 1. The number of hydrogen-bond donors (Lipinski definition) is 1. The van der Waals surface area contributed by atoms with Crippen LogP contribution in [0.2, 0.25) is 0 Å². The molecule has 20 heavy (non-hydrogen) atoms. The topological polar surface area (TPSA) is 107 Å². The molecule has 0 spiro atoms. The molecule has 7 heteroatoms. The molecule has 0 aliphatic carbocycles. The highest BCUT2D eigenvalue weighted by atomic mass is 16.6. The SMILES string of the molecule is CCOC(=O)[C@H](C(=O)O)C(C[N+](=O)[O-])c1ccccc1. The fourth-order valence-electron chi connectivity index (χ4n) is 1.93. The van der Waals surface area contributed by atoms with Crippen LogP contribution in [0.5, 0.6) is 0 Å². The second-order valence-corrected chi connectivity index (χ2v) is 4.10. The van der Waals surface area contributed by atoms with Crippen molar-refractivity contribution in [3.05, 3.63) is 46.0 Å². The third-order valence-electron chi connectivity index (χ3n) is 2.78. The molecule has 0 heterocycles. The Labute approximate surface area is 115 Å². The molecule has 0 radical (unpaired) electrons. The van der Waals surface area contributed by atoms with E-state index in [1.165, 1.54) is 0 Å². The second kappa shape index (κ2) is 7.22. The maximum atomic E-state index is 11.8. The van der Waals surface area contributed by atoms with Crippen LogP contribution >= 0.6 is 0 Å². The summed E-state index contributed by atoms with van der Waals surface area (Å²) >= 11 is 0. The number of rotatable bonds is 7. The van der Waals surface area contributed by atoms with E-state index in [0.29, 0.717) is 5.56 Å². The molecule has 0 aliphatic rings. The van der Waals surface area contributed by atoms with Crippen LogP contribution in [0.3, 0.4) is 0 Å². The van der Waals surface area contributed by atoms with Gasteiger partial charge in [0.05, 0.1) is 12.5 Å². The van der Waals surface area contributed by atoms with E-state index in [2.05, 4.69) is 0 Å². The number of carbonyl (C=O) groups is 2. The van der Waals surface area contributed by atoms with Crippen LogP contribution in [0.1, 0.15) is 18.4 Å². The summed E-state index contributed by atoms with van der Waals surface area (Å²) < 4.78 is 4.71. The van der Waals surface area contributed by atoms with E-state index >= 15 is 0 Å². The van der Waals surface area contributed by atoms with Crippen LogP contribution in [0.25, 0.3) is 0 Å². The lowest BCUT2D eigenvalue weighted by atomic mass is 9.86. The molecule has 0 amide bonds. The maximum absolute atomic E-state index is 11.8. The van der Waals surface area contributed by atoms with Crippen LogP contribution < -0.4 is 0 Å². The van der Waals surface area contributed by atoms with Gasteiger partial charge in [-0.25, -0.2) is 0 Å². The number of benzene rings is 1. The Morgan fingerprint density at radius 2 is 1.95 bits per heavy atom. The summed E-state index contributed by atoms with van der Waals surface area (Å²) in [5.41, 5.74) is 0.421. The van der Waals surface area contributed by atoms with Crippen molar-refractivity contribution in [3.8, 4) is 0 Å². The van der Waals surface area contributed by atoms with Gasteiger partial charge in [-0.2, -0.15) is 0 Å². The fraction of sp³-hybridized carbons (Fsp3) is 0.385. The lowest BCUT2D eigenvalue weighted by molar-refractivity contribution is -0.484. The predicted octanol–water partition coefficient (Wildman–Crippen LogP) is 1.31. The van der Waals surface area contributed by atoms with Crippen LogP contribution in [0.15, 0.2) is 30.3 Å². The van der Waals surface area contributed by atoms with Gasteiger partial charge in [0.2, 0.25) is 6.54 Å². The number of carboxylic acids is 1. The van der Waals surface area contributed by atoms with E-state index in [-0.39, 0.29) is 6.61 Å². The summed E-state index contributed by atoms with van der Waals surface area (Å²) in [5.74, 6) is -5.06. The molecule has 1 unspecified atom stereocenters. The lowest BCUT2D eigenvalue weighted by Crippen LogP contribution is -2.35. The van der Waals surface area contributed by atoms with Gasteiger partial charge >= 0.3 is 11.9 Å². The molecule has 0 saturated heterocycles. The molecule has 1 rings (SSSR count). The number of carboxylic acid groups (broad SMARTS) is 1.